The summed E-state index contributed by atoms with van der Waals surface area (Å²) in [6.45, 7) is 7.81. The predicted octanol–water partition coefficient (Wildman–Crippen LogP) is 4.90. The zero-order chi connectivity index (χ0) is 14.3. The SMILES string of the molecule is CCCCCCCCCCOC(=O)NCCC(C)C. The highest BCUT2D eigenvalue weighted by Crippen LogP contribution is 2.08. The summed E-state index contributed by atoms with van der Waals surface area (Å²) in [6, 6.07) is 0. The van der Waals surface area contributed by atoms with Gasteiger partial charge in [0.15, 0.2) is 0 Å². The van der Waals surface area contributed by atoms with Crippen molar-refractivity contribution >= 4 is 6.09 Å². The molecule has 3 heteroatoms. The van der Waals surface area contributed by atoms with Gasteiger partial charge in [0.05, 0.1) is 6.61 Å². The summed E-state index contributed by atoms with van der Waals surface area (Å²) < 4.78 is 5.12. The van der Waals surface area contributed by atoms with Gasteiger partial charge in [0, 0.05) is 6.54 Å². The molecule has 0 spiro atoms. The summed E-state index contributed by atoms with van der Waals surface area (Å²) in [7, 11) is 0. The van der Waals surface area contributed by atoms with E-state index in [2.05, 4.69) is 26.1 Å². The highest BCUT2D eigenvalue weighted by atomic mass is 16.5. The van der Waals surface area contributed by atoms with Gasteiger partial charge in [-0.1, -0.05) is 65.7 Å². The molecule has 0 aromatic rings. The van der Waals surface area contributed by atoms with Crippen LogP contribution in [-0.4, -0.2) is 19.2 Å². The Morgan fingerprint density at radius 2 is 1.58 bits per heavy atom. The van der Waals surface area contributed by atoms with Crippen molar-refractivity contribution in [3.05, 3.63) is 0 Å². The van der Waals surface area contributed by atoms with Gasteiger partial charge in [-0.2, -0.15) is 0 Å². The second-order valence-corrected chi connectivity index (χ2v) is 5.72. The van der Waals surface area contributed by atoms with Crippen LogP contribution in [0.15, 0.2) is 0 Å². The Kier molecular flexibility index (Phi) is 13.2. The highest BCUT2D eigenvalue weighted by Gasteiger charge is 2.01. The summed E-state index contributed by atoms with van der Waals surface area (Å²) in [5.74, 6) is 0.619. The fourth-order valence-corrected chi connectivity index (χ4v) is 1.91. The number of nitrogens with one attached hydrogen (secondary N) is 1. The van der Waals surface area contributed by atoms with Crippen molar-refractivity contribution < 1.29 is 9.53 Å². The van der Waals surface area contributed by atoms with Gasteiger partial charge in [-0.05, 0) is 18.8 Å². The van der Waals surface area contributed by atoms with Crippen LogP contribution in [0.1, 0.15) is 78.6 Å². The van der Waals surface area contributed by atoms with Crippen LogP contribution in [0.25, 0.3) is 0 Å². The molecule has 0 aliphatic rings. The van der Waals surface area contributed by atoms with Gasteiger partial charge in [0.1, 0.15) is 0 Å². The molecule has 0 heterocycles. The molecule has 0 aliphatic heterocycles. The Labute approximate surface area is 119 Å². The number of hydrogen-bond acceptors (Lipinski definition) is 2. The second-order valence-electron chi connectivity index (χ2n) is 5.72. The van der Waals surface area contributed by atoms with Crippen molar-refractivity contribution in [1.29, 1.82) is 0 Å². The minimum atomic E-state index is -0.261. The highest BCUT2D eigenvalue weighted by molar-refractivity contribution is 5.66. The predicted molar refractivity (Wildman–Crippen MR) is 81.4 cm³/mol. The van der Waals surface area contributed by atoms with E-state index in [9.17, 15) is 4.79 Å². The van der Waals surface area contributed by atoms with Crippen molar-refractivity contribution in [3.8, 4) is 0 Å². The van der Waals surface area contributed by atoms with Crippen LogP contribution in [0.2, 0.25) is 0 Å². The molecule has 0 aromatic carbocycles. The van der Waals surface area contributed by atoms with E-state index in [1.807, 2.05) is 0 Å². The third kappa shape index (κ3) is 15.2. The molecule has 0 saturated heterocycles. The molecule has 114 valence electrons. The lowest BCUT2D eigenvalue weighted by Gasteiger charge is -2.08. The lowest BCUT2D eigenvalue weighted by Crippen LogP contribution is -2.26. The molecule has 0 saturated carbocycles. The lowest BCUT2D eigenvalue weighted by atomic mass is 10.1. The molecular formula is C16H33NO2. The molecule has 19 heavy (non-hydrogen) atoms. The topological polar surface area (TPSA) is 38.3 Å². The summed E-state index contributed by atoms with van der Waals surface area (Å²) in [6.07, 6.45) is 10.9. The molecule has 0 bridgehead atoms. The lowest BCUT2D eigenvalue weighted by molar-refractivity contribution is 0.143. The van der Waals surface area contributed by atoms with E-state index in [1.54, 1.807) is 0 Å². The fourth-order valence-electron chi connectivity index (χ4n) is 1.91. The number of hydrogen-bond donors (Lipinski definition) is 1. The van der Waals surface area contributed by atoms with Crippen molar-refractivity contribution in [2.75, 3.05) is 13.2 Å². The van der Waals surface area contributed by atoms with E-state index >= 15 is 0 Å². The Bertz CT molecular complexity index is 205. The first kappa shape index (κ1) is 18.3. The number of alkyl carbamates (subject to hydrolysis) is 1. The molecule has 3 nitrogen and oxygen atoms in total. The van der Waals surface area contributed by atoms with E-state index in [0.29, 0.717) is 19.1 Å². The normalized spacial score (nSPS) is 10.7. The summed E-state index contributed by atoms with van der Waals surface area (Å²) in [4.78, 5) is 11.3. The van der Waals surface area contributed by atoms with E-state index in [4.69, 9.17) is 4.74 Å². The number of amides is 1. The monoisotopic (exact) mass is 271 g/mol. The fraction of sp³-hybridized carbons (Fsp3) is 0.938. The Hall–Kier alpha value is -0.730. The van der Waals surface area contributed by atoms with Crippen molar-refractivity contribution in [3.63, 3.8) is 0 Å². The first-order valence-corrected chi connectivity index (χ1v) is 8.07. The van der Waals surface area contributed by atoms with Gasteiger partial charge < -0.3 is 10.1 Å². The molecule has 1 N–H and O–H groups in total. The van der Waals surface area contributed by atoms with Gasteiger partial charge >= 0.3 is 6.09 Å². The molecule has 0 aromatic heterocycles. The van der Waals surface area contributed by atoms with E-state index in [1.165, 1.54) is 44.9 Å². The molecular weight excluding hydrogens is 238 g/mol. The minimum absolute atomic E-state index is 0.261. The van der Waals surface area contributed by atoms with Gasteiger partial charge in [0.25, 0.3) is 0 Å². The zero-order valence-electron chi connectivity index (χ0n) is 13.2. The van der Waals surface area contributed by atoms with Crippen molar-refractivity contribution in [2.24, 2.45) is 5.92 Å². The van der Waals surface area contributed by atoms with E-state index in [-0.39, 0.29) is 6.09 Å². The van der Waals surface area contributed by atoms with Gasteiger partial charge in [0.2, 0.25) is 0 Å². The molecule has 0 rings (SSSR count). The summed E-state index contributed by atoms with van der Waals surface area (Å²) in [5, 5.41) is 2.78. The number of rotatable bonds is 12. The summed E-state index contributed by atoms with van der Waals surface area (Å²) in [5.41, 5.74) is 0. The molecule has 0 atom stereocenters. The van der Waals surface area contributed by atoms with Crippen molar-refractivity contribution in [1.82, 2.24) is 5.32 Å². The maximum Gasteiger partial charge on any atom is 0.407 e. The number of carbonyl (C=O) groups excluding carboxylic acids is 1. The van der Waals surface area contributed by atoms with Crippen LogP contribution in [-0.2, 0) is 4.74 Å². The molecule has 1 amide bonds. The van der Waals surface area contributed by atoms with Gasteiger partial charge in [-0.25, -0.2) is 4.79 Å². The number of carbonyl (C=O) groups is 1. The third-order valence-electron chi connectivity index (χ3n) is 3.22. The Morgan fingerprint density at radius 3 is 2.16 bits per heavy atom. The van der Waals surface area contributed by atoms with E-state index < -0.39 is 0 Å². The zero-order valence-corrected chi connectivity index (χ0v) is 13.2. The van der Waals surface area contributed by atoms with Gasteiger partial charge in [-0.3, -0.25) is 0 Å². The molecule has 0 unspecified atom stereocenters. The van der Waals surface area contributed by atoms with Gasteiger partial charge in [-0.15, -0.1) is 0 Å². The summed E-state index contributed by atoms with van der Waals surface area (Å²) >= 11 is 0. The third-order valence-corrected chi connectivity index (χ3v) is 3.22. The van der Waals surface area contributed by atoms with Crippen LogP contribution >= 0.6 is 0 Å². The Morgan fingerprint density at radius 1 is 1.00 bits per heavy atom. The standard InChI is InChI=1S/C16H33NO2/c1-4-5-6-7-8-9-10-11-14-19-16(18)17-13-12-15(2)3/h15H,4-14H2,1-3H3,(H,17,18). The average molecular weight is 271 g/mol. The molecule has 0 fully saturated rings. The maximum atomic E-state index is 11.3. The van der Waals surface area contributed by atoms with Crippen LogP contribution in [0.4, 0.5) is 4.79 Å². The van der Waals surface area contributed by atoms with Crippen LogP contribution in [0.5, 0.6) is 0 Å². The number of unbranched alkanes of at least 4 members (excludes halogenated alkanes) is 7. The minimum Gasteiger partial charge on any atom is -0.450 e. The first-order valence-electron chi connectivity index (χ1n) is 8.07. The van der Waals surface area contributed by atoms with Crippen LogP contribution in [0.3, 0.4) is 0 Å². The maximum absolute atomic E-state index is 11.3. The largest absolute Gasteiger partial charge is 0.450 e. The average Bonchev–Trinajstić information content (AvgIpc) is 2.36. The van der Waals surface area contributed by atoms with E-state index in [0.717, 1.165) is 12.8 Å². The van der Waals surface area contributed by atoms with Crippen LogP contribution < -0.4 is 5.32 Å². The van der Waals surface area contributed by atoms with Crippen molar-refractivity contribution in [2.45, 2.75) is 78.6 Å². The second kappa shape index (κ2) is 13.7. The Balaban J connectivity index is 3.14. The number of ether oxygens (including phenoxy) is 1. The molecule has 0 aliphatic carbocycles. The first-order chi connectivity index (χ1) is 9.16. The molecule has 0 radical (unpaired) electrons. The van der Waals surface area contributed by atoms with Crippen LogP contribution in [0, 0.1) is 5.92 Å². The quantitative estimate of drug-likeness (QED) is 0.513. The smallest absolute Gasteiger partial charge is 0.407 e.